The van der Waals surface area contributed by atoms with E-state index in [4.69, 9.17) is 17.3 Å². The molecular weight excluding hydrogens is 257 g/mol. The zero-order valence-corrected chi connectivity index (χ0v) is 11.8. The highest BCUT2D eigenvalue weighted by Gasteiger charge is 2.09. The molecule has 1 atom stereocenters. The summed E-state index contributed by atoms with van der Waals surface area (Å²) in [6, 6.07) is 4.75. The molecule has 0 aliphatic heterocycles. The first-order valence-electron chi connectivity index (χ1n) is 5.76. The first-order chi connectivity index (χ1) is 7.99. The summed E-state index contributed by atoms with van der Waals surface area (Å²) in [4.78, 5) is 0. The van der Waals surface area contributed by atoms with Crippen molar-refractivity contribution in [1.29, 1.82) is 0 Å². The third-order valence-corrected chi connectivity index (χ3v) is 4.08. The predicted molar refractivity (Wildman–Crippen MR) is 75.3 cm³/mol. The number of hydrogen-bond donors (Lipinski definition) is 1. The molecule has 0 fully saturated rings. The third kappa shape index (κ3) is 5.75. The maximum Gasteiger partial charge on any atom is 0.127 e. The lowest BCUT2D eigenvalue weighted by atomic mass is 10.1. The molecule has 0 amide bonds. The Morgan fingerprint density at radius 2 is 2.06 bits per heavy atom. The van der Waals surface area contributed by atoms with E-state index in [1.807, 2.05) is 11.8 Å². The molecule has 0 aliphatic rings. The number of thioether (sulfide) groups is 1. The fourth-order valence-corrected chi connectivity index (χ4v) is 2.67. The quantitative estimate of drug-likeness (QED) is 0.856. The van der Waals surface area contributed by atoms with Gasteiger partial charge in [0.2, 0.25) is 0 Å². The van der Waals surface area contributed by atoms with E-state index in [2.05, 4.69) is 13.8 Å². The van der Waals surface area contributed by atoms with E-state index in [-0.39, 0.29) is 11.9 Å². The average molecular weight is 276 g/mol. The largest absolute Gasteiger partial charge is 0.327 e. The monoisotopic (exact) mass is 275 g/mol. The molecule has 1 aromatic carbocycles. The van der Waals surface area contributed by atoms with Crippen molar-refractivity contribution in [2.45, 2.75) is 26.3 Å². The van der Waals surface area contributed by atoms with E-state index in [0.29, 0.717) is 22.9 Å². The highest BCUT2D eigenvalue weighted by molar-refractivity contribution is 7.99. The van der Waals surface area contributed by atoms with Crippen LogP contribution in [0.5, 0.6) is 0 Å². The molecule has 1 nitrogen and oxygen atoms in total. The first kappa shape index (κ1) is 14.8. The Hall–Kier alpha value is -0.250. The summed E-state index contributed by atoms with van der Waals surface area (Å²) in [5.41, 5.74) is 6.62. The van der Waals surface area contributed by atoms with Crippen LogP contribution in [-0.4, -0.2) is 17.5 Å². The van der Waals surface area contributed by atoms with Gasteiger partial charge in [-0.05, 0) is 35.8 Å². The van der Waals surface area contributed by atoms with Crippen molar-refractivity contribution >= 4 is 23.4 Å². The van der Waals surface area contributed by atoms with Gasteiger partial charge in [0.25, 0.3) is 0 Å². The van der Waals surface area contributed by atoms with Gasteiger partial charge in [0.05, 0.1) is 0 Å². The summed E-state index contributed by atoms with van der Waals surface area (Å²) in [7, 11) is 0. The Morgan fingerprint density at radius 1 is 1.35 bits per heavy atom. The summed E-state index contributed by atoms with van der Waals surface area (Å²) >= 11 is 7.52. The van der Waals surface area contributed by atoms with Gasteiger partial charge in [-0.15, -0.1) is 0 Å². The minimum absolute atomic E-state index is 0.00516. The molecule has 0 spiro atoms. The average Bonchev–Trinajstić information content (AvgIpc) is 2.21. The van der Waals surface area contributed by atoms with E-state index in [9.17, 15) is 4.39 Å². The predicted octanol–water partition coefficient (Wildman–Crippen LogP) is 3.74. The molecule has 0 heterocycles. The second kappa shape index (κ2) is 7.24. The standard InChI is InChI=1S/C13H19ClFNS/c1-9(2)7-17-8-12(16)5-10-3-4-11(14)6-13(10)15/h3-4,6,9,12H,5,7-8,16H2,1-2H3. The lowest BCUT2D eigenvalue weighted by Gasteiger charge is -2.13. The fourth-order valence-electron chi connectivity index (χ4n) is 1.48. The second-order valence-corrected chi connectivity index (χ2v) is 6.14. The molecule has 0 bridgehead atoms. The minimum Gasteiger partial charge on any atom is -0.327 e. The lowest BCUT2D eigenvalue weighted by Crippen LogP contribution is -2.26. The van der Waals surface area contributed by atoms with Crippen LogP contribution in [-0.2, 0) is 6.42 Å². The van der Waals surface area contributed by atoms with Crippen molar-refractivity contribution in [3.05, 3.63) is 34.6 Å². The summed E-state index contributed by atoms with van der Waals surface area (Å²) in [6.45, 7) is 4.36. The third-order valence-electron chi connectivity index (χ3n) is 2.28. The molecular formula is C13H19ClFNS. The van der Waals surface area contributed by atoms with Crippen molar-refractivity contribution in [2.75, 3.05) is 11.5 Å². The van der Waals surface area contributed by atoms with Crippen LogP contribution in [0.15, 0.2) is 18.2 Å². The smallest absolute Gasteiger partial charge is 0.127 e. The van der Waals surface area contributed by atoms with Crippen molar-refractivity contribution in [3.63, 3.8) is 0 Å². The Labute approximate surface area is 112 Å². The number of hydrogen-bond acceptors (Lipinski definition) is 2. The molecule has 4 heteroatoms. The van der Waals surface area contributed by atoms with Crippen molar-refractivity contribution in [3.8, 4) is 0 Å². The molecule has 0 saturated heterocycles. The van der Waals surface area contributed by atoms with Gasteiger partial charge >= 0.3 is 0 Å². The normalized spacial score (nSPS) is 13.1. The van der Waals surface area contributed by atoms with Gasteiger partial charge < -0.3 is 5.73 Å². The van der Waals surface area contributed by atoms with E-state index in [0.717, 1.165) is 11.5 Å². The summed E-state index contributed by atoms with van der Waals surface area (Å²) in [5.74, 6) is 2.36. The van der Waals surface area contributed by atoms with E-state index in [1.54, 1.807) is 12.1 Å². The molecule has 0 aliphatic carbocycles. The molecule has 0 aromatic heterocycles. The van der Waals surface area contributed by atoms with Crippen LogP contribution in [0.25, 0.3) is 0 Å². The van der Waals surface area contributed by atoms with Crippen LogP contribution >= 0.6 is 23.4 Å². The fraction of sp³-hybridized carbons (Fsp3) is 0.538. The molecule has 1 rings (SSSR count). The van der Waals surface area contributed by atoms with Crippen LogP contribution in [0.3, 0.4) is 0 Å². The van der Waals surface area contributed by atoms with Crippen molar-refractivity contribution in [2.24, 2.45) is 11.7 Å². The number of halogens is 2. The van der Waals surface area contributed by atoms with Crippen LogP contribution in [0.2, 0.25) is 5.02 Å². The first-order valence-corrected chi connectivity index (χ1v) is 7.29. The van der Waals surface area contributed by atoms with Crippen molar-refractivity contribution < 1.29 is 4.39 Å². The highest BCUT2D eigenvalue weighted by atomic mass is 35.5. The molecule has 0 radical (unpaired) electrons. The zero-order chi connectivity index (χ0) is 12.8. The van der Waals surface area contributed by atoms with Crippen LogP contribution in [0.1, 0.15) is 19.4 Å². The maximum absolute atomic E-state index is 13.5. The lowest BCUT2D eigenvalue weighted by molar-refractivity contribution is 0.597. The Bertz CT molecular complexity index is 357. The topological polar surface area (TPSA) is 26.0 Å². The number of benzene rings is 1. The second-order valence-electron chi connectivity index (χ2n) is 4.63. The molecule has 96 valence electrons. The Balaban J connectivity index is 2.42. The van der Waals surface area contributed by atoms with Gasteiger partial charge in [-0.25, -0.2) is 4.39 Å². The van der Waals surface area contributed by atoms with Crippen molar-refractivity contribution in [1.82, 2.24) is 0 Å². The molecule has 1 unspecified atom stereocenters. The van der Waals surface area contributed by atoms with E-state index >= 15 is 0 Å². The SMILES string of the molecule is CC(C)CSCC(N)Cc1ccc(Cl)cc1F. The molecule has 17 heavy (non-hydrogen) atoms. The van der Waals surface area contributed by atoms with Crippen LogP contribution < -0.4 is 5.73 Å². The molecule has 0 saturated carbocycles. The van der Waals surface area contributed by atoms with Gasteiger partial charge in [-0.2, -0.15) is 11.8 Å². The molecule has 1 aromatic rings. The maximum atomic E-state index is 13.5. The minimum atomic E-state index is -0.262. The number of rotatable bonds is 6. The van der Waals surface area contributed by atoms with Crippen LogP contribution in [0.4, 0.5) is 4.39 Å². The van der Waals surface area contributed by atoms with E-state index in [1.165, 1.54) is 6.07 Å². The van der Waals surface area contributed by atoms with E-state index < -0.39 is 0 Å². The van der Waals surface area contributed by atoms with Gasteiger partial charge in [-0.3, -0.25) is 0 Å². The molecule has 2 N–H and O–H groups in total. The van der Waals surface area contributed by atoms with Gasteiger partial charge in [0, 0.05) is 16.8 Å². The van der Waals surface area contributed by atoms with Gasteiger partial charge in [-0.1, -0.05) is 31.5 Å². The van der Waals surface area contributed by atoms with Gasteiger partial charge in [0.15, 0.2) is 0 Å². The Morgan fingerprint density at radius 3 is 2.65 bits per heavy atom. The number of nitrogens with two attached hydrogens (primary N) is 1. The zero-order valence-electron chi connectivity index (χ0n) is 10.2. The summed E-state index contributed by atoms with van der Waals surface area (Å²) in [6.07, 6.45) is 0.564. The highest BCUT2D eigenvalue weighted by Crippen LogP contribution is 2.17. The van der Waals surface area contributed by atoms with Crippen LogP contribution in [0, 0.1) is 11.7 Å². The van der Waals surface area contributed by atoms with Gasteiger partial charge in [0.1, 0.15) is 5.82 Å². The summed E-state index contributed by atoms with van der Waals surface area (Å²) < 4.78 is 13.5. The summed E-state index contributed by atoms with van der Waals surface area (Å²) in [5, 5.41) is 0.425. The Kier molecular flexibility index (Phi) is 6.31.